The molecule has 6 unspecified atom stereocenters. The molecule has 11 heteroatoms. The van der Waals surface area contributed by atoms with Crippen molar-refractivity contribution in [2.75, 3.05) is 40.9 Å². The molecule has 0 aromatic carbocycles. The first kappa shape index (κ1) is 40.8. The Bertz CT molecular complexity index is 1160. The molecular weight excluding hydrogens is 651 g/mol. The number of halogens is 1. The van der Waals surface area contributed by atoms with Gasteiger partial charge in [0.1, 0.15) is 18.3 Å². The molecule has 0 radical (unpaired) electrons. The van der Waals surface area contributed by atoms with Gasteiger partial charge < -0.3 is 30.5 Å². The Kier molecular flexibility index (Phi) is 13.6. The Balaban J connectivity index is 1.28. The van der Waals surface area contributed by atoms with E-state index < -0.39 is 36.3 Å². The van der Waals surface area contributed by atoms with E-state index in [1.54, 1.807) is 19.1 Å². The number of fused-ring (bicyclic) bond motifs is 2. The van der Waals surface area contributed by atoms with E-state index in [0.29, 0.717) is 48.5 Å². The fraction of sp³-hybridized carbons (Fsp3) is 0.950. The van der Waals surface area contributed by atoms with E-state index in [9.17, 15) is 19.8 Å². The number of likely N-dealkylation sites (N-methyl/N-ethyl adjacent to an activating group) is 1. The molecular formula is C40H71FN4O6. The average molecular weight is 723 g/mol. The number of methoxy groups -OCH3 is 1. The third kappa shape index (κ3) is 8.80. The molecule has 51 heavy (non-hydrogen) atoms. The van der Waals surface area contributed by atoms with Crippen LogP contribution in [0.25, 0.3) is 0 Å². The number of aliphatic hydroxyl groups is 2. The molecule has 1 heterocycles. The highest BCUT2D eigenvalue weighted by Gasteiger charge is 2.58. The summed E-state index contributed by atoms with van der Waals surface area (Å²) in [6.45, 7) is 13.8. The van der Waals surface area contributed by atoms with Crippen LogP contribution in [0.2, 0.25) is 0 Å². The summed E-state index contributed by atoms with van der Waals surface area (Å²) in [6.07, 6.45) is 4.55. The Morgan fingerprint density at radius 2 is 1.80 bits per heavy atom. The molecule has 2 amide bonds. The highest BCUT2D eigenvalue weighted by Crippen LogP contribution is 2.61. The van der Waals surface area contributed by atoms with Gasteiger partial charge in [0.25, 0.3) is 0 Å². The molecule has 1 saturated heterocycles. The number of hydroxylamine groups is 2. The van der Waals surface area contributed by atoms with Crippen LogP contribution in [0.1, 0.15) is 99.3 Å². The summed E-state index contributed by atoms with van der Waals surface area (Å²) in [7, 11) is 5.73. The van der Waals surface area contributed by atoms with Gasteiger partial charge in [0.05, 0.1) is 24.7 Å². The summed E-state index contributed by atoms with van der Waals surface area (Å²) in [4.78, 5) is 36.2. The average Bonchev–Trinajstić information content (AvgIpc) is 3.43. The lowest BCUT2D eigenvalue weighted by atomic mass is 9.45. The highest BCUT2D eigenvalue weighted by atomic mass is 19.1. The molecule has 10 nitrogen and oxygen atoms in total. The zero-order valence-corrected chi connectivity index (χ0v) is 33.0. The number of nitrogens with one attached hydrogen (secondary N) is 2. The molecule has 5 aliphatic carbocycles. The van der Waals surface area contributed by atoms with E-state index >= 15 is 4.39 Å². The summed E-state index contributed by atoms with van der Waals surface area (Å²) in [5.41, 5.74) is 0.301. The van der Waals surface area contributed by atoms with E-state index in [1.807, 2.05) is 14.1 Å². The largest absolute Gasteiger partial charge is 0.394 e. The van der Waals surface area contributed by atoms with Crippen molar-refractivity contribution in [3.8, 4) is 0 Å². The number of nitrogens with zero attached hydrogens (tertiary/aromatic N) is 2. The van der Waals surface area contributed by atoms with Crippen molar-refractivity contribution < 1.29 is 33.8 Å². The van der Waals surface area contributed by atoms with Gasteiger partial charge in [-0.25, -0.2) is 4.39 Å². The molecule has 6 aliphatic rings. The first-order valence-electron chi connectivity index (χ1n) is 20.2. The van der Waals surface area contributed by atoms with E-state index in [4.69, 9.17) is 9.57 Å². The van der Waals surface area contributed by atoms with E-state index in [-0.39, 0.29) is 54.4 Å². The first-order chi connectivity index (χ1) is 24.1. The summed E-state index contributed by atoms with van der Waals surface area (Å²) >= 11 is 0. The molecule has 0 spiro atoms. The van der Waals surface area contributed by atoms with E-state index in [2.05, 4.69) is 50.2 Å². The quantitative estimate of drug-likeness (QED) is 0.208. The van der Waals surface area contributed by atoms with Gasteiger partial charge in [0, 0.05) is 44.1 Å². The lowest BCUT2D eigenvalue weighted by Gasteiger charge is -2.62. The molecule has 4 N–H and O–H groups in total. The topological polar surface area (TPSA) is 124 Å². The Labute approximate surface area is 307 Å². The smallest absolute Gasteiger partial charge is 0.240 e. The van der Waals surface area contributed by atoms with Gasteiger partial charge in [-0.1, -0.05) is 41.0 Å². The van der Waals surface area contributed by atoms with Crippen molar-refractivity contribution >= 4 is 11.8 Å². The fourth-order valence-electron chi connectivity index (χ4n) is 11.4. The van der Waals surface area contributed by atoms with Crippen LogP contribution in [0, 0.1) is 58.7 Å². The normalized spacial score (nSPS) is 40.9. The number of amides is 2. The molecule has 5 saturated carbocycles. The van der Waals surface area contributed by atoms with Crippen LogP contribution in [0.5, 0.6) is 0 Å². The van der Waals surface area contributed by atoms with Gasteiger partial charge in [-0.3, -0.25) is 14.4 Å². The Hall–Kier alpha value is -1.37. The molecule has 6 rings (SSSR count). The van der Waals surface area contributed by atoms with Gasteiger partial charge in [-0.05, 0) is 113 Å². The van der Waals surface area contributed by atoms with Gasteiger partial charge in [-0.15, -0.1) is 0 Å². The maximum Gasteiger partial charge on any atom is 0.240 e. The van der Waals surface area contributed by atoms with Crippen LogP contribution in [0.4, 0.5) is 4.39 Å². The third-order valence-corrected chi connectivity index (χ3v) is 14.2. The zero-order valence-electron chi connectivity index (χ0n) is 33.0. The van der Waals surface area contributed by atoms with Crippen LogP contribution in [0.3, 0.4) is 0 Å². The number of hydrogen-bond acceptors (Lipinski definition) is 8. The van der Waals surface area contributed by atoms with Gasteiger partial charge >= 0.3 is 0 Å². The second-order valence-corrected chi connectivity index (χ2v) is 18.6. The second-order valence-electron chi connectivity index (χ2n) is 18.6. The molecule has 6 fully saturated rings. The van der Waals surface area contributed by atoms with Crippen LogP contribution >= 0.6 is 0 Å². The van der Waals surface area contributed by atoms with Crippen molar-refractivity contribution in [3.63, 3.8) is 0 Å². The number of alkyl halides is 1. The summed E-state index contributed by atoms with van der Waals surface area (Å²) < 4.78 is 21.7. The highest BCUT2D eigenvalue weighted by molar-refractivity contribution is 5.83. The lowest BCUT2D eigenvalue weighted by molar-refractivity contribution is -0.193. The number of rotatable bonds is 14. The first-order valence-corrected chi connectivity index (χ1v) is 20.2. The van der Waals surface area contributed by atoms with Gasteiger partial charge in [0.15, 0.2) is 0 Å². The summed E-state index contributed by atoms with van der Waals surface area (Å²) in [6, 6.07) is -0.693. The van der Waals surface area contributed by atoms with Gasteiger partial charge in [-0.2, -0.15) is 5.06 Å². The van der Waals surface area contributed by atoms with Crippen molar-refractivity contribution in [1.29, 1.82) is 0 Å². The third-order valence-electron chi connectivity index (χ3n) is 14.2. The number of aliphatic hydroxyl groups excluding tert-OH is 2. The van der Waals surface area contributed by atoms with Crippen LogP contribution < -0.4 is 10.6 Å². The number of carbonyl (C=O) groups excluding carboxylic acids is 2. The maximum absolute atomic E-state index is 15.5. The molecule has 0 aromatic rings. The maximum atomic E-state index is 15.5. The van der Waals surface area contributed by atoms with Gasteiger partial charge in [0.2, 0.25) is 11.8 Å². The van der Waals surface area contributed by atoms with Crippen molar-refractivity contribution in [3.05, 3.63) is 0 Å². The SMILES string of the molecule is COC1C(CN2O[C@@H](CO)[C@@H]([C@H](C)O)[C@H]2C(=O)N[C@H]2C[C@H]3C[C@@H]([C@@H]2C)C3(C)C)CCCC1C1CCC(F)C(C(=O)N[C@@H](CC(C)C)CN(C)C)C1. The molecule has 0 aromatic heterocycles. The molecule has 2 bridgehead atoms. The zero-order chi connectivity index (χ0) is 37.4. The minimum absolute atomic E-state index is 0.0245. The molecule has 294 valence electrons. The standard InChI is InChI=1S/C40H71FN4O6/c1-22(2)15-28(20-44(7)8)42-38(48)30-16-25(13-14-32(30)41)29-12-10-11-26(37(29)50-9)19-45-36(35(24(4)47)34(21-46)51-45)39(49)43-33-18-27-17-31(23(33)3)40(27,5)6/h22-37,46-47H,10-21H2,1-9H3,(H,42,48)(H,43,49)/t23-,24-,25?,26?,27+,28-,29?,30?,31-,32?,33-,34-,35+,36-,37?/m0/s1. The minimum atomic E-state index is -1.16. The minimum Gasteiger partial charge on any atom is -0.394 e. The lowest BCUT2D eigenvalue weighted by Crippen LogP contribution is -2.62. The second kappa shape index (κ2) is 17.0. The number of carbonyl (C=O) groups is 2. The number of hydrogen-bond donors (Lipinski definition) is 4. The predicted molar refractivity (Wildman–Crippen MR) is 196 cm³/mol. The van der Waals surface area contributed by atoms with Crippen molar-refractivity contribution in [1.82, 2.24) is 20.6 Å². The van der Waals surface area contributed by atoms with Crippen molar-refractivity contribution in [2.24, 2.45) is 58.7 Å². The molecule has 1 aliphatic heterocycles. The van der Waals surface area contributed by atoms with E-state index in [1.165, 1.54) is 6.42 Å². The van der Waals surface area contributed by atoms with E-state index in [0.717, 1.165) is 45.1 Å². The van der Waals surface area contributed by atoms with Crippen LogP contribution in [-0.2, 0) is 19.2 Å². The van der Waals surface area contributed by atoms with Crippen LogP contribution in [0.15, 0.2) is 0 Å². The van der Waals surface area contributed by atoms with Crippen molar-refractivity contribution in [2.45, 2.75) is 142 Å². The molecule has 15 atom stereocenters. The Morgan fingerprint density at radius 1 is 1.08 bits per heavy atom. The monoisotopic (exact) mass is 723 g/mol. The number of ether oxygens (including phenoxy) is 1. The Morgan fingerprint density at radius 3 is 2.39 bits per heavy atom. The summed E-state index contributed by atoms with van der Waals surface area (Å²) in [5.74, 6) is 0.710. The van der Waals surface area contributed by atoms with Crippen LogP contribution in [-0.4, -0.2) is 116 Å². The summed E-state index contributed by atoms with van der Waals surface area (Å²) in [5, 5.41) is 29.6. The predicted octanol–water partition coefficient (Wildman–Crippen LogP) is 4.43. The fourth-order valence-corrected chi connectivity index (χ4v) is 11.4.